The predicted molar refractivity (Wildman–Crippen MR) is 96.0 cm³/mol. The zero-order chi connectivity index (χ0) is 17.8. The second-order valence-corrected chi connectivity index (χ2v) is 6.81. The molecule has 1 unspecified atom stereocenters. The Bertz CT molecular complexity index is 744. The van der Waals surface area contributed by atoms with Crippen molar-refractivity contribution in [3.05, 3.63) is 35.3 Å². The molecule has 0 saturated carbocycles. The lowest BCUT2D eigenvalue weighted by molar-refractivity contribution is -0.120. The third-order valence-electron chi connectivity index (χ3n) is 5.10. The monoisotopic (exact) mass is 347 g/mol. The average Bonchev–Trinajstić information content (AvgIpc) is 2.90. The van der Waals surface area contributed by atoms with Crippen molar-refractivity contribution >= 4 is 16.8 Å². The van der Waals surface area contributed by atoms with Crippen molar-refractivity contribution in [2.45, 2.75) is 38.6 Å². The van der Waals surface area contributed by atoms with Crippen molar-refractivity contribution in [2.24, 2.45) is 0 Å². The number of hydrogen-bond acceptors (Lipinski definition) is 3. The summed E-state index contributed by atoms with van der Waals surface area (Å²) in [6.45, 7) is 4.36. The summed E-state index contributed by atoms with van der Waals surface area (Å²) in [6, 6.07) is 4.80. The molecule has 136 valence electrons. The Morgan fingerprint density at radius 3 is 3.08 bits per heavy atom. The lowest BCUT2D eigenvalue weighted by Crippen LogP contribution is -2.45. The van der Waals surface area contributed by atoms with Crippen molar-refractivity contribution < 1.29 is 14.3 Å². The number of hydrogen-bond donors (Lipinski definition) is 3. The number of piperidine rings is 1. The highest BCUT2D eigenvalue weighted by atomic mass is 19.1. The van der Waals surface area contributed by atoms with Crippen molar-refractivity contribution in [2.75, 3.05) is 26.2 Å². The maximum Gasteiger partial charge on any atom is 0.224 e. The van der Waals surface area contributed by atoms with Gasteiger partial charge in [0.1, 0.15) is 5.82 Å². The van der Waals surface area contributed by atoms with E-state index in [0.717, 1.165) is 54.5 Å². The molecule has 1 aromatic carbocycles. The lowest BCUT2D eigenvalue weighted by atomic mass is 10.0. The van der Waals surface area contributed by atoms with Crippen LogP contribution < -0.4 is 5.32 Å². The minimum absolute atomic E-state index is 0.0641. The first-order chi connectivity index (χ1) is 12.1. The number of nitrogens with one attached hydrogen (secondary N) is 2. The van der Waals surface area contributed by atoms with Crippen LogP contribution in [0, 0.1) is 12.7 Å². The normalized spacial score (nSPS) is 18.6. The van der Waals surface area contributed by atoms with E-state index in [2.05, 4.69) is 15.2 Å². The van der Waals surface area contributed by atoms with E-state index in [0.29, 0.717) is 6.54 Å². The molecule has 6 heteroatoms. The zero-order valence-corrected chi connectivity index (χ0v) is 14.6. The van der Waals surface area contributed by atoms with Crippen LogP contribution in [0.1, 0.15) is 30.5 Å². The van der Waals surface area contributed by atoms with Gasteiger partial charge in [0, 0.05) is 35.7 Å². The van der Waals surface area contributed by atoms with Gasteiger partial charge in [-0.1, -0.05) is 6.42 Å². The molecule has 0 aliphatic carbocycles. The molecule has 1 saturated heterocycles. The summed E-state index contributed by atoms with van der Waals surface area (Å²) in [5, 5.41) is 13.1. The van der Waals surface area contributed by atoms with Crippen molar-refractivity contribution in [1.82, 2.24) is 15.2 Å². The summed E-state index contributed by atoms with van der Waals surface area (Å²) in [6.07, 6.45) is 3.55. The Morgan fingerprint density at radius 2 is 2.28 bits per heavy atom. The molecular formula is C19H26FN3O2. The molecule has 0 bridgehead atoms. The number of halogens is 1. The number of likely N-dealkylation sites (tertiary alicyclic amines) is 1. The Morgan fingerprint density at radius 1 is 1.44 bits per heavy atom. The summed E-state index contributed by atoms with van der Waals surface area (Å²) < 4.78 is 13.5. The first kappa shape index (κ1) is 17.9. The number of aliphatic hydroxyl groups is 1. The number of benzene rings is 1. The van der Waals surface area contributed by atoms with E-state index in [1.807, 2.05) is 6.92 Å². The Labute approximate surface area is 147 Å². The summed E-state index contributed by atoms with van der Waals surface area (Å²) >= 11 is 0. The number of carbonyl (C=O) groups excluding carboxylic acids is 1. The molecule has 3 rings (SSSR count). The number of aromatic amines is 1. The third kappa shape index (κ3) is 4.19. The van der Waals surface area contributed by atoms with Crippen molar-refractivity contribution in [3.8, 4) is 0 Å². The van der Waals surface area contributed by atoms with Gasteiger partial charge in [0.15, 0.2) is 0 Å². The number of H-pyrrole nitrogens is 1. The second-order valence-electron chi connectivity index (χ2n) is 6.81. The molecule has 5 nitrogen and oxygen atoms in total. The topological polar surface area (TPSA) is 68.4 Å². The number of aryl methyl sites for hydroxylation is 1. The minimum Gasteiger partial charge on any atom is -0.395 e. The number of aliphatic hydroxyl groups excluding tert-OH is 1. The van der Waals surface area contributed by atoms with Crippen LogP contribution in [0.15, 0.2) is 18.2 Å². The predicted octanol–water partition coefficient (Wildman–Crippen LogP) is 2.12. The van der Waals surface area contributed by atoms with Crippen LogP contribution in [0.4, 0.5) is 4.39 Å². The molecule has 1 aliphatic heterocycles. The van der Waals surface area contributed by atoms with Gasteiger partial charge in [-0.15, -0.1) is 0 Å². The fraction of sp³-hybridized carbons (Fsp3) is 0.526. The fourth-order valence-corrected chi connectivity index (χ4v) is 3.71. The van der Waals surface area contributed by atoms with E-state index in [1.165, 1.54) is 12.1 Å². The highest BCUT2D eigenvalue weighted by Gasteiger charge is 2.21. The van der Waals surface area contributed by atoms with Gasteiger partial charge in [0.05, 0.1) is 13.0 Å². The fourth-order valence-electron chi connectivity index (χ4n) is 3.71. The standard InChI is InChI=1S/C19H26FN3O2/c1-13-16(17-10-14(20)5-6-18(17)22-13)11-19(25)21-7-9-23-8-3-2-4-15(23)12-24/h5-6,10,15,22,24H,2-4,7-9,11-12H2,1H3,(H,21,25). The van der Waals surface area contributed by atoms with E-state index in [-0.39, 0.29) is 30.8 Å². The van der Waals surface area contributed by atoms with Crippen LogP contribution in [-0.2, 0) is 11.2 Å². The Hall–Kier alpha value is -1.92. The van der Waals surface area contributed by atoms with Gasteiger partial charge in [0.25, 0.3) is 0 Å². The van der Waals surface area contributed by atoms with Crippen LogP contribution in [0.5, 0.6) is 0 Å². The summed E-state index contributed by atoms with van der Waals surface area (Å²) in [5.74, 6) is -0.362. The van der Waals surface area contributed by atoms with Crippen LogP contribution >= 0.6 is 0 Å². The smallest absolute Gasteiger partial charge is 0.224 e. The molecule has 1 aliphatic rings. The van der Waals surface area contributed by atoms with Crippen LogP contribution in [0.2, 0.25) is 0 Å². The van der Waals surface area contributed by atoms with Crippen molar-refractivity contribution in [1.29, 1.82) is 0 Å². The number of fused-ring (bicyclic) bond motifs is 1. The van der Waals surface area contributed by atoms with Crippen molar-refractivity contribution in [3.63, 3.8) is 0 Å². The molecule has 0 radical (unpaired) electrons. The molecule has 1 atom stereocenters. The van der Waals surface area contributed by atoms with Gasteiger partial charge < -0.3 is 15.4 Å². The highest BCUT2D eigenvalue weighted by Crippen LogP contribution is 2.23. The van der Waals surface area contributed by atoms with Gasteiger partial charge in [0.2, 0.25) is 5.91 Å². The van der Waals surface area contributed by atoms with Gasteiger partial charge in [-0.3, -0.25) is 9.69 Å². The Balaban J connectivity index is 1.56. The highest BCUT2D eigenvalue weighted by molar-refractivity contribution is 5.90. The molecule has 1 fully saturated rings. The SMILES string of the molecule is Cc1[nH]c2ccc(F)cc2c1CC(=O)NCCN1CCCCC1CO. The minimum atomic E-state index is -0.298. The number of carbonyl (C=O) groups is 1. The second kappa shape index (κ2) is 7.97. The number of amides is 1. The Kier molecular flexibility index (Phi) is 5.71. The molecule has 3 N–H and O–H groups in total. The largest absolute Gasteiger partial charge is 0.395 e. The third-order valence-corrected chi connectivity index (χ3v) is 5.10. The first-order valence-electron chi connectivity index (χ1n) is 8.97. The van der Waals surface area contributed by atoms with Crippen LogP contribution in [-0.4, -0.2) is 53.2 Å². The van der Waals surface area contributed by atoms with Gasteiger partial charge in [-0.2, -0.15) is 0 Å². The number of rotatable bonds is 6. The summed E-state index contributed by atoms with van der Waals surface area (Å²) in [5.41, 5.74) is 2.59. The summed E-state index contributed by atoms with van der Waals surface area (Å²) in [4.78, 5) is 17.7. The molecule has 1 amide bonds. The molecule has 2 aromatic rings. The molecule has 2 heterocycles. The van der Waals surface area contributed by atoms with Gasteiger partial charge in [-0.25, -0.2) is 4.39 Å². The van der Waals surface area contributed by atoms with E-state index < -0.39 is 0 Å². The maximum absolute atomic E-state index is 13.5. The molecular weight excluding hydrogens is 321 g/mol. The van der Waals surface area contributed by atoms with E-state index in [1.54, 1.807) is 6.07 Å². The maximum atomic E-state index is 13.5. The number of aromatic nitrogens is 1. The molecule has 0 spiro atoms. The molecule has 1 aromatic heterocycles. The lowest BCUT2D eigenvalue weighted by Gasteiger charge is -2.34. The van der Waals surface area contributed by atoms with Gasteiger partial charge >= 0.3 is 0 Å². The zero-order valence-electron chi connectivity index (χ0n) is 14.6. The van der Waals surface area contributed by atoms with Crippen LogP contribution in [0.25, 0.3) is 10.9 Å². The molecule has 25 heavy (non-hydrogen) atoms. The van der Waals surface area contributed by atoms with Crippen LogP contribution in [0.3, 0.4) is 0 Å². The van der Waals surface area contributed by atoms with Gasteiger partial charge in [-0.05, 0) is 50.1 Å². The number of nitrogens with zero attached hydrogens (tertiary/aromatic N) is 1. The van der Waals surface area contributed by atoms with E-state index in [4.69, 9.17) is 0 Å². The first-order valence-corrected chi connectivity index (χ1v) is 8.97. The average molecular weight is 347 g/mol. The van der Waals surface area contributed by atoms with E-state index in [9.17, 15) is 14.3 Å². The summed E-state index contributed by atoms with van der Waals surface area (Å²) in [7, 11) is 0. The van der Waals surface area contributed by atoms with E-state index >= 15 is 0 Å². The quantitative estimate of drug-likeness (QED) is 0.750.